The smallest absolute Gasteiger partial charge is 0.260 e. The first-order valence-electron chi connectivity index (χ1n) is 7.01. The highest BCUT2D eigenvalue weighted by Crippen LogP contribution is 2.31. The third-order valence-electron chi connectivity index (χ3n) is 3.80. The summed E-state index contributed by atoms with van der Waals surface area (Å²) < 4.78 is 16.8. The summed E-state index contributed by atoms with van der Waals surface area (Å²) in [5.41, 5.74) is 0. The molecule has 5 nitrogen and oxygen atoms in total. The van der Waals surface area contributed by atoms with Gasteiger partial charge in [-0.15, -0.1) is 0 Å². The van der Waals surface area contributed by atoms with E-state index in [1.165, 1.54) is 0 Å². The first-order valence-corrected chi connectivity index (χ1v) is 7.01. The fourth-order valence-corrected chi connectivity index (χ4v) is 2.64. The Morgan fingerprint density at radius 1 is 1.15 bits per heavy atom. The molecule has 2 fully saturated rings. The first kappa shape index (κ1) is 13.4. The third-order valence-corrected chi connectivity index (χ3v) is 3.80. The maximum absolute atomic E-state index is 12.1. The molecule has 108 valence electrons. The van der Waals surface area contributed by atoms with Gasteiger partial charge in [-0.1, -0.05) is 18.2 Å². The summed E-state index contributed by atoms with van der Waals surface area (Å²) in [7, 11) is 0. The number of hydrogen-bond acceptors (Lipinski definition) is 4. The summed E-state index contributed by atoms with van der Waals surface area (Å²) in [6.45, 7) is 2.73. The zero-order valence-corrected chi connectivity index (χ0v) is 11.4. The van der Waals surface area contributed by atoms with Crippen molar-refractivity contribution in [1.29, 1.82) is 0 Å². The van der Waals surface area contributed by atoms with Crippen molar-refractivity contribution in [3.63, 3.8) is 0 Å². The van der Waals surface area contributed by atoms with Gasteiger partial charge < -0.3 is 19.1 Å². The van der Waals surface area contributed by atoms with Crippen LogP contribution in [0.2, 0.25) is 0 Å². The molecule has 0 saturated carbocycles. The third kappa shape index (κ3) is 2.94. The number of likely N-dealkylation sites (tertiary alicyclic amines) is 1. The van der Waals surface area contributed by atoms with E-state index in [1.807, 2.05) is 35.2 Å². The second kappa shape index (κ2) is 5.81. The van der Waals surface area contributed by atoms with Crippen LogP contribution in [0.4, 0.5) is 0 Å². The summed E-state index contributed by atoms with van der Waals surface area (Å²) in [6, 6.07) is 9.39. The second-order valence-corrected chi connectivity index (χ2v) is 5.09. The van der Waals surface area contributed by atoms with Gasteiger partial charge in [-0.3, -0.25) is 4.79 Å². The Hall–Kier alpha value is -1.59. The van der Waals surface area contributed by atoms with Gasteiger partial charge in [-0.2, -0.15) is 0 Å². The number of amides is 1. The van der Waals surface area contributed by atoms with Crippen molar-refractivity contribution in [2.75, 3.05) is 32.9 Å². The van der Waals surface area contributed by atoms with E-state index in [1.54, 1.807) is 0 Å². The summed E-state index contributed by atoms with van der Waals surface area (Å²) in [5, 5.41) is 0. The predicted molar refractivity (Wildman–Crippen MR) is 72.4 cm³/mol. The Balaban J connectivity index is 1.47. The van der Waals surface area contributed by atoms with Gasteiger partial charge in [0, 0.05) is 25.9 Å². The van der Waals surface area contributed by atoms with E-state index in [0.717, 1.165) is 18.6 Å². The van der Waals surface area contributed by atoms with Crippen LogP contribution in [-0.4, -0.2) is 49.5 Å². The normalized spacial score (nSPS) is 21.1. The number of ether oxygens (including phenoxy) is 3. The molecule has 1 aromatic rings. The van der Waals surface area contributed by atoms with Crippen LogP contribution in [0.15, 0.2) is 30.3 Å². The van der Waals surface area contributed by atoms with Gasteiger partial charge in [0.15, 0.2) is 12.4 Å². The molecule has 0 bridgehead atoms. The molecule has 0 unspecified atom stereocenters. The summed E-state index contributed by atoms with van der Waals surface area (Å²) >= 11 is 0. The number of piperidine rings is 1. The minimum atomic E-state index is -0.433. The topological polar surface area (TPSA) is 48.0 Å². The molecule has 2 heterocycles. The van der Waals surface area contributed by atoms with Crippen LogP contribution >= 0.6 is 0 Å². The molecule has 0 N–H and O–H groups in total. The van der Waals surface area contributed by atoms with Gasteiger partial charge in [0.05, 0.1) is 13.2 Å². The molecule has 0 radical (unpaired) electrons. The largest absolute Gasteiger partial charge is 0.484 e. The molecule has 5 heteroatoms. The van der Waals surface area contributed by atoms with Crippen LogP contribution in [0, 0.1) is 0 Å². The minimum Gasteiger partial charge on any atom is -0.484 e. The molecule has 1 aromatic carbocycles. The van der Waals surface area contributed by atoms with E-state index in [2.05, 4.69) is 0 Å². The van der Waals surface area contributed by atoms with Crippen molar-refractivity contribution >= 4 is 5.91 Å². The van der Waals surface area contributed by atoms with Crippen molar-refractivity contribution in [3.05, 3.63) is 30.3 Å². The lowest BCUT2D eigenvalue weighted by Crippen LogP contribution is -2.48. The maximum Gasteiger partial charge on any atom is 0.260 e. The molecule has 2 aliphatic rings. The molecule has 1 spiro atoms. The van der Waals surface area contributed by atoms with E-state index >= 15 is 0 Å². The number of carbonyl (C=O) groups excluding carboxylic acids is 1. The molecule has 3 rings (SSSR count). The zero-order chi connectivity index (χ0) is 13.8. The average Bonchev–Trinajstić information content (AvgIpc) is 2.95. The highest BCUT2D eigenvalue weighted by atomic mass is 16.7. The van der Waals surface area contributed by atoms with E-state index < -0.39 is 5.79 Å². The molecule has 0 atom stereocenters. The number of benzene rings is 1. The molecule has 2 saturated heterocycles. The predicted octanol–water partition coefficient (Wildman–Crippen LogP) is 1.43. The second-order valence-electron chi connectivity index (χ2n) is 5.09. The lowest BCUT2D eigenvalue weighted by atomic mass is 10.0. The lowest BCUT2D eigenvalue weighted by Gasteiger charge is -2.37. The van der Waals surface area contributed by atoms with Crippen LogP contribution in [0.1, 0.15) is 12.8 Å². The molecular weight excluding hydrogens is 258 g/mol. The van der Waals surface area contributed by atoms with E-state index in [4.69, 9.17) is 14.2 Å². The lowest BCUT2D eigenvalue weighted by molar-refractivity contribution is -0.187. The molecular formula is C15H19NO4. The van der Waals surface area contributed by atoms with Crippen molar-refractivity contribution in [2.24, 2.45) is 0 Å². The number of nitrogens with zero attached hydrogens (tertiary/aromatic N) is 1. The minimum absolute atomic E-state index is 0.0155. The molecule has 2 aliphatic heterocycles. The van der Waals surface area contributed by atoms with Crippen molar-refractivity contribution in [1.82, 2.24) is 4.90 Å². The van der Waals surface area contributed by atoms with Crippen molar-refractivity contribution in [3.8, 4) is 5.75 Å². The van der Waals surface area contributed by atoms with Gasteiger partial charge in [-0.25, -0.2) is 0 Å². The Labute approximate surface area is 118 Å². The number of hydrogen-bond donors (Lipinski definition) is 0. The summed E-state index contributed by atoms with van der Waals surface area (Å²) in [4.78, 5) is 13.9. The number of carbonyl (C=O) groups is 1. The van der Waals surface area contributed by atoms with E-state index in [9.17, 15) is 4.79 Å². The van der Waals surface area contributed by atoms with Crippen LogP contribution < -0.4 is 4.74 Å². The summed E-state index contributed by atoms with van der Waals surface area (Å²) in [5.74, 6) is 0.301. The van der Waals surface area contributed by atoms with Gasteiger partial charge in [0.1, 0.15) is 5.75 Å². The van der Waals surface area contributed by atoms with Gasteiger partial charge in [0.25, 0.3) is 5.91 Å². The van der Waals surface area contributed by atoms with Gasteiger partial charge in [-0.05, 0) is 12.1 Å². The fourth-order valence-electron chi connectivity index (χ4n) is 2.64. The SMILES string of the molecule is O=C(COc1ccccc1)N1CCC2(CC1)OCCO2. The van der Waals surface area contributed by atoms with E-state index in [-0.39, 0.29) is 12.5 Å². The van der Waals surface area contributed by atoms with Crippen LogP contribution in [0.3, 0.4) is 0 Å². The van der Waals surface area contributed by atoms with E-state index in [0.29, 0.717) is 26.3 Å². The van der Waals surface area contributed by atoms with Crippen LogP contribution in [0.5, 0.6) is 5.75 Å². The number of rotatable bonds is 3. The standard InChI is InChI=1S/C15H19NO4/c17-14(12-18-13-4-2-1-3-5-13)16-8-6-15(7-9-16)19-10-11-20-15/h1-5H,6-12H2. The zero-order valence-electron chi connectivity index (χ0n) is 11.4. The van der Waals surface area contributed by atoms with Crippen molar-refractivity contribution in [2.45, 2.75) is 18.6 Å². The quantitative estimate of drug-likeness (QED) is 0.838. The van der Waals surface area contributed by atoms with Crippen molar-refractivity contribution < 1.29 is 19.0 Å². The fraction of sp³-hybridized carbons (Fsp3) is 0.533. The molecule has 20 heavy (non-hydrogen) atoms. The summed E-state index contributed by atoms with van der Waals surface area (Å²) in [6.07, 6.45) is 1.48. The number of para-hydroxylation sites is 1. The highest BCUT2D eigenvalue weighted by Gasteiger charge is 2.40. The first-order chi connectivity index (χ1) is 9.77. The highest BCUT2D eigenvalue weighted by molar-refractivity contribution is 5.77. The maximum atomic E-state index is 12.1. The Kier molecular flexibility index (Phi) is 3.89. The van der Waals surface area contributed by atoms with Gasteiger partial charge in [0.2, 0.25) is 0 Å². The average molecular weight is 277 g/mol. The molecule has 1 amide bonds. The Bertz CT molecular complexity index is 446. The Morgan fingerprint density at radius 3 is 2.45 bits per heavy atom. The van der Waals surface area contributed by atoms with Crippen LogP contribution in [0.25, 0.3) is 0 Å². The molecule has 0 aliphatic carbocycles. The monoisotopic (exact) mass is 277 g/mol. The van der Waals surface area contributed by atoms with Gasteiger partial charge >= 0.3 is 0 Å². The van der Waals surface area contributed by atoms with Crippen LogP contribution in [-0.2, 0) is 14.3 Å². The molecule has 0 aromatic heterocycles. The Morgan fingerprint density at radius 2 is 1.80 bits per heavy atom.